The standard InChI is InChI=1S/C9H10BrN3O2/c1-9(4-14)8(15)12-7-6(13-9)2-5(10)3-11-7/h2-3,13-14H,4H2,1H3,(H,11,12,15). The van der Waals surface area contributed by atoms with Gasteiger partial charge in [-0.2, -0.15) is 0 Å². The summed E-state index contributed by atoms with van der Waals surface area (Å²) in [4.78, 5) is 15.7. The number of rotatable bonds is 1. The average Bonchev–Trinajstić information content (AvgIpc) is 2.20. The van der Waals surface area contributed by atoms with Crippen molar-refractivity contribution < 1.29 is 9.90 Å². The Bertz CT molecular complexity index is 424. The van der Waals surface area contributed by atoms with Crippen LogP contribution in [0.2, 0.25) is 0 Å². The quantitative estimate of drug-likeness (QED) is 0.711. The summed E-state index contributed by atoms with van der Waals surface area (Å²) >= 11 is 3.29. The maximum Gasteiger partial charge on any atom is 0.253 e. The number of aliphatic hydroxyl groups excluding tert-OH is 1. The molecule has 2 heterocycles. The molecule has 1 unspecified atom stereocenters. The second kappa shape index (κ2) is 3.46. The fraction of sp³-hybridized carbons (Fsp3) is 0.333. The second-order valence-corrected chi connectivity index (χ2v) is 4.53. The highest BCUT2D eigenvalue weighted by molar-refractivity contribution is 9.10. The smallest absolute Gasteiger partial charge is 0.253 e. The van der Waals surface area contributed by atoms with Crippen molar-refractivity contribution in [1.82, 2.24) is 4.98 Å². The normalized spacial score (nSPS) is 24.1. The summed E-state index contributed by atoms with van der Waals surface area (Å²) in [7, 11) is 0. The predicted molar refractivity (Wildman–Crippen MR) is 59.7 cm³/mol. The van der Waals surface area contributed by atoms with Crippen molar-refractivity contribution in [3.8, 4) is 0 Å². The monoisotopic (exact) mass is 271 g/mol. The Balaban J connectivity index is 2.43. The Labute approximate surface area is 95.0 Å². The number of carbonyl (C=O) groups excluding carboxylic acids is 1. The molecule has 0 radical (unpaired) electrons. The van der Waals surface area contributed by atoms with Crippen molar-refractivity contribution in [2.45, 2.75) is 12.5 Å². The van der Waals surface area contributed by atoms with E-state index in [0.717, 1.165) is 4.47 Å². The molecule has 80 valence electrons. The molecule has 1 amide bonds. The third-order valence-electron chi connectivity index (χ3n) is 2.31. The molecule has 0 aromatic carbocycles. The van der Waals surface area contributed by atoms with Crippen LogP contribution >= 0.6 is 15.9 Å². The molecule has 0 saturated heterocycles. The van der Waals surface area contributed by atoms with Crippen molar-refractivity contribution in [1.29, 1.82) is 0 Å². The summed E-state index contributed by atoms with van der Waals surface area (Å²) in [6.45, 7) is 1.36. The lowest BCUT2D eigenvalue weighted by Gasteiger charge is -2.33. The van der Waals surface area contributed by atoms with Gasteiger partial charge >= 0.3 is 0 Å². The molecule has 1 atom stereocenters. The minimum absolute atomic E-state index is 0.273. The molecule has 2 rings (SSSR count). The van der Waals surface area contributed by atoms with Crippen LogP contribution in [0.1, 0.15) is 6.92 Å². The zero-order valence-electron chi connectivity index (χ0n) is 8.04. The molecule has 0 spiro atoms. The molecule has 0 aliphatic carbocycles. The van der Waals surface area contributed by atoms with E-state index in [4.69, 9.17) is 5.11 Å². The van der Waals surface area contributed by atoms with Gasteiger partial charge in [0.2, 0.25) is 0 Å². The lowest BCUT2D eigenvalue weighted by molar-refractivity contribution is -0.121. The van der Waals surface area contributed by atoms with Gasteiger partial charge in [-0.05, 0) is 28.9 Å². The average molecular weight is 272 g/mol. The first-order valence-electron chi connectivity index (χ1n) is 4.41. The number of pyridine rings is 1. The van der Waals surface area contributed by atoms with Gasteiger partial charge in [0.25, 0.3) is 5.91 Å². The number of nitrogens with one attached hydrogen (secondary N) is 2. The summed E-state index contributed by atoms with van der Waals surface area (Å²) in [5.74, 6) is 0.196. The van der Waals surface area contributed by atoms with Crippen molar-refractivity contribution in [2.75, 3.05) is 17.2 Å². The number of amides is 1. The first kappa shape index (κ1) is 10.4. The number of fused-ring (bicyclic) bond motifs is 1. The SMILES string of the molecule is CC1(CO)Nc2cc(Br)cnc2NC1=O. The molecule has 1 aliphatic rings. The van der Waals surface area contributed by atoms with Gasteiger partial charge in [-0.15, -0.1) is 0 Å². The number of hydrogen-bond acceptors (Lipinski definition) is 4. The van der Waals surface area contributed by atoms with Crippen LogP contribution in [0, 0.1) is 0 Å². The third kappa shape index (κ3) is 1.70. The van der Waals surface area contributed by atoms with Crippen molar-refractivity contribution in [3.05, 3.63) is 16.7 Å². The Hall–Kier alpha value is -1.14. The van der Waals surface area contributed by atoms with Crippen LogP contribution in [0.4, 0.5) is 11.5 Å². The molecule has 5 nitrogen and oxygen atoms in total. The molecule has 6 heteroatoms. The van der Waals surface area contributed by atoms with E-state index in [1.807, 2.05) is 0 Å². The number of aromatic nitrogens is 1. The van der Waals surface area contributed by atoms with Gasteiger partial charge in [0.05, 0.1) is 12.3 Å². The Morgan fingerprint density at radius 1 is 1.67 bits per heavy atom. The maximum atomic E-state index is 11.6. The summed E-state index contributed by atoms with van der Waals surface area (Å²) in [6, 6.07) is 1.80. The topological polar surface area (TPSA) is 74.2 Å². The van der Waals surface area contributed by atoms with E-state index in [1.54, 1.807) is 19.2 Å². The lowest BCUT2D eigenvalue weighted by atomic mass is 10.00. The molecular weight excluding hydrogens is 262 g/mol. The maximum absolute atomic E-state index is 11.6. The number of halogens is 1. The number of aliphatic hydroxyl groups is 1. The molecule has 3 N–H and O–H groups in total. The van der Waals surface area contributed by atoms with Crippen LogP contribution in [0.5, 0.6) is 0 Å². The molecular formula is C9H10BrN3O2. The van der Waals surface area contributed by atoms with Crippen LogP contribution in [-0.4, -0.2) is 28.1 Å². The van der Waals surface area contributed by atoms with E-state index in [2.05, 4.69) is 31.5 Å². The van der Waals surface area contributed by atoms with Gasteiger partial charge in [0.15, 0.2) is 5.82 Å². The third-order valence-corrected chi connectivity index (χ3v) is 2.75. The van der Waals surface area contributed by atoms with E-state index >= 15 is 0 Å². The number of nitrogens with zero attached hydrogens (tertiary/aromatic N) is 1. The summed E-state index contributed by atoms with van der Waals surface area (Å²) in [5, 5.41) is 14.8. The van der Waals surface area contributed by atoms with E-state index < -0.39 is 5.54 Å². The first-order valence-corrected chi connectivity index (χ1v) is 5.20. The highest BCUT2D eigenvalue weighted by Gasteiger charge is 2.37. The minimum atomic E-state index is -0.991. The van der Waals surface area contributed by atoms with Crippen LogP contribution in [0.15, 0.2) is 16.7 Å². The molecule has 1 aliphatic heterocycles. The highest BCUT2D eigenvalue weighted by Crippen LogP contribution is 2.30. The second-order valence-electron chi connectivity index (χ2n) is 3.62. The Kier molecular flexibility index (Phi) is 2.40. The molecule has 1 aromatic rings. The zero-order valence-corrected chi connectivity index (χ0v) is 9.63. The summed E-state index contributed by atoms with van der Waals surface area (Å²) < 4.78 is 0.810. The summed E-state index contributed by atoms with van der Waals surface area (Å²) in [6.07, 6.45) is 1.60. The Morgan fingerprint density at radius 3 is 3.07 bits per heavy atom. The highest BCUT2D eigenvalue weighted by atomic mass is 79.9. The van der Waals surface area contributed by atoms with Gasteiger partial charge in [-0.3, -0.25) is 4.79 Å². The minimum Gasteiger partial charge on any atom is -0.393 e. The van der Waals surface area contributed by atoms with Crippen molar-refractivity contribution in [2.24, 2.45) is 0 Å². The summed E-state index contributed by atoms with van der Waals surface area (Å²) in [5.41, 5.74) is -0.296. The zero-order chi connectivity index (χ0) is 11.1. The first-order chi connectivity index (χ1) is 7.05. The largest absolute Gasteiger partial charge is 0.393 e. The molecule has 0 bridgehead atoms. The number of hydrogen-bond donors (Lipinski definition) is 3. The van der Waals surface area contributed by atoms with Crippen LogP contribution in [-0.2, 0) is 4.79 Å². The van der Waals surface area contributed by atoms with E-state index in [0.29, 0.717) is 11.5 Å². The van der Waals surface area contributed by atoms with Gasteiger partial charge in [0, 0.05) is 10.7 Å². The van der Waals surface area contributed by atoms with Crippen LogP contribution < -0.4 is 10.6 Å². The Morgan fingerprint density at radius 2 is 2.40 bits per heavy atom. The molecule has 15 heavy (non-hydrogen) atoms. The van der Waals surface area contributed by atoms with Crippen LogP contribution in [0.3, 0.4) is 0 Å². The molecule has 0 fully saturated rings. The van der Waals surface area contributed by atoms with E-state index in [-0.39, 0.29) is 12.5 Å². The fourth-order valence-corrected chi connectivity index (χ4v) is 1.68. The van der Waals surface area contributed by atoms with E-state index in [1.165, 1.54) is 0 Å². The lowest BCUT2D eigenvalue weighted by Crippen LogP contribution is -2.53. The molecule has 0 saturated carbocycles. The van der Waals surface area contributed by atoms with Crippen molar-refractivity contribution >= 4 is 33.3 Å². The molecule has 1 aromatic heterocycles. The number of anilines is 2. The van der Waals surface area contributed by atoms with Gasteiger partial charge < -0.3 is 15.7 Å². The number of carbonyl (C=O) groups is 1. The van der Waals surface area contributed by atoms with Gasteiger partial charge in [-0.25, -0.2) is 4.98 Å². The van der Waals surface area contributed by atoms with Crippen LogP contribution in [0.25, 0.3) is 0 Å². The fourth-order valence-electron chi connectivity index (χ4n) is 1.34. The predicted octanol–water partition coefficient (Wildman–Crippen LogP) is 0.959. The van der Waals surface area contributed by atoms with Crippen molar-refractivity contribution in [3.63, 3.8) is 0 Å². The van der Waals surface area contributed by atoms with Gasteiger partial charge in [0.1, 0.15) is 5.54 Å². The van der Waals surface area contributed by atoms with E-state index in [9.17, 15) is 4.79 Å². The van der Waals surface area contributed by atoms with Gasteiger partial charge in [-0.1, -0.05) is 0 Å².